The van der Waals surface area contributed by atoms with Crippen molar-refractivity contribution >= 4 is 23.0 Å². The zero-order valence-corrected chi connectivity index (χ0v) is 12.1. The van der Waals surface area contributed by atoms with Crippen LogP contribution in [0.15, 0.2) is 36.4 Å². The summed E-state index contributed by atoms with van der Waals surface area (Å²) in [6.45, 7) is 4.24. The van der Waals surface area contributed by atoms with E-state index in [0.717, 1.165) is 16.8 Å². The van der Waals surface area contributed by atoms with Gasteiger partial charge in [-0.05, 0) is 43.2 Å². The van der Waals surface area contributed by atoms with E-state index in [1.807, 2.05) is 37.3 Å². The number of benzene rings is 2. The smallest absolute Gasteiger partial charge is 0.274 e. The first-order valence-corrected chi connectivity index (χ1v) is 6.59. The van der Waals surface area contributed by atoms with Crippen LogP contribution in [0.5, 0.6) is 0 Å². The van der Waals surface area contributed by atoms with Crippen LogP contribution in [0.2, 0.25) is 5.02 Å². The second-order valence-corrected chi connectivity index (χ2v) is 5.13. The Balaban J connectivity index is 2.21. The fourth-order valence-electron chi connectivity index (χ4n) is 2.07. The molecule has 0 fully saturated rings. The zero-order chi connectivity index (χ0) is 14.7. The average Bonchev–Trinajstić information content (AvgIpc) is 2.37. The van der Waals surface area contributed by atoms with Gasteiger partial charge in [0.25, 0.3) is 5.69 Å². The number of anilines is 1. The minimum atomic E-state index is -0.362. The first-order valence-electron chi connectivity index (χ1n) is 6.21. The molecule has 0 spiro atoms. The molecule has 0 aromatic heterocycles. The summed E-state index contributed by atoms with van der Waals surface area (Å²) in [6, 6.07) is 10.9. The molecule has 0 amide bonds. The highest BCUT2D eigenvalue weighted by Gasteiger charge is 2.13. The number of halogens is 1. The summed E-state index contributed by atoms with van der Waals surface area (Å²) in [6.07, 6.45) is 0. The highest BCUT2D eigenvalue weighted by molar-refractivity contribution is 6.30. The fraction of sp³-hybridized carbons (Fsp3) is 0.200. The first-order chi connectivity index (χ1) is 9.47. The first kappa shape index (κ1) is 14.3. The monoisotopic (exact) mass is 290 g/mol. The van der Waals surface area contributed by atoms with Crippen molar-refractivity contribution in [3.05, 3.63) is 68.2 Å². The van der Waals surface area contributed by atoms with E-state index in [1.165, 1.54) is 0 Å². The third kappa shape index (κ3) is 3.27. The van der Waals surface area contributed by atoms with Gasteiger partial charge in [-0.1, -0.05) is 23.7 Å². The molecule has 0 atom stereocenters. The summed E-state index contributed by atoms with van der Waals surface area (Å²) in [5, 5.41) is 14.9. The predicted molar refractivity (Wildman–Crippen MR) is 81.3 cm³/mol. The van der Waals surface area contributed by atoms with Gasteiger partial charge in [0, 0.05) is 28.9 Å². The number of hydrogen-bond acceptors (Lipinski definition) is 3. The zero-order valence-electron chi connectivity index (χ0n) is 11.3. The topological polar surface area (TPSA) is 55.2 Å². The molecule has 0 aliphatic heterocycles. The Labute approximate surface area is 122 Å². The Morgan fingerprint density at radius 2 is 1.95 bits per heavy atom. The fourth-order valence-corrected chi connectivity index (χ4v) is 2.29. The van der Waals surface area contributed by atoms with Crippen molar-refractivity contribution in [2.24, 2.45) is 0 Å². The number of rotatable bonds is 4. The third-order valence-corrected chi connectivity index (χ3v) is 3.35. The van der Waals surface area contributed by atoms with E-state index >= 15 is 0 Å². The van der Waals surface area contributed by atoms with Crippen molar-refractivity contribution in [2.75, 3.05) is 5.32 Å². The number of nitrogens with zero attached hydrogens (tertiary/aromatic N) is 1. The third-order valence-electron chi connectivity index (χ3n) is 3.11. The van der Waals surface area contributed by atoms with Crippen LogP contribution in [-0.4, -0.2) is 4.92 Å². The largest absolute Gasteiger partial charge is 0.381 e. The number of nitrogens with one attached hydrogen (secondary N) is 1. The number of aryl methyl sites for hydroxylation is 2. The minimum Gasteiger partial charge on any atom is -0.381 e. The van der Waals surface area contributed by atoms with Gasteiger partial charge in [0.2, 0.25) is 0 Å². The van der Waals surface area contributed by atoms with Crippen LogP contribution in [0, 0.1) is 24.0 Å². The Morgan fingerprint density at radius 1 is 1.20 bits per heavy atom. The maximum atomic E-state index is 11.0. The lowest BCUT2D eigenvalue weighted by Gasteiger charge is -2.11. The molecule has 2 rings (SSSR count). The minimum absolute atomic E-state index is 0.129. The normalized spacial score (nSPS) is 10.3. The molecule has 5 heteroatoms. The Hall–Kier alpha value is -2.07. The quantitative estimate of drug-likeness (QED) is 0.667. The van der Waals surface area contributed by atoms with E-state index in [2.05, 4.69) is 5.32 Å². The van der Waals surface area contributed by atoms with Gasteiger partial charge in [-0.3, -0.25) is 10.1 Å². The molecule has 0 bridgehead atoms. The van der Waals surface area contributed by atoms with E-state index in [4.69, 9.17) is 11.6 Å². The lowest BCUT2D eigenvalue weighted by molar-refractivity contribution is -0.385. The molecule has 0 aliphatic rings. The summed E-state index contributed by atoms with van der Waals surface area (Å²) in [4.78, 5) is 10.6. The van der Waals surface area contributed by atoms with E-state index in [0.29, 0.717) is 17.1 Å². The second-order valence-electron chi connectivity index (χ2n) is 4.69. The van der Waals surface area contributed by atoms with Crippen LogP contribution in [0.3, 0.4) is 0 Å². The molecular formula is C15H15ClN2O2. The van der Waals surface area contributed by atoms with Gasteiger partial charge in [-0.15, -0.1) is 0 Å². The molecule has 0 radical (unpaired) electrons. The van der Waals surface area contributed by atoms with E-state index < -0.39 is 0 Å². The van der Waals surface area contributed by atoms with E-state index in [-0.39, 0.29) is 10.6 Å². The summed E-state index contributed by atoms with van der Waals surface area (Å²) in [5.74, 6) is 0. The van der Waals surface area contributed by atoms with Crippen molar-refractivity contribution < 1.29 is 4.92 Å². The van der Waals surface area contributed by atoms with Crippen molar-refractivity contribution in [3.63, 3.8) is 0 Å². The SMILES string of the molecule is Cc1cc(C)c([N+](=O)[O-])cc1NCc1cccc(Cl)c1. The molecule has 2 aromatic rings. The van der Waals surface area contributed by atoms with Crippen LogP contribution < -0.4 is 5.32 Å². The maximum absolute atomic E-state index is 11.0. The number of nitro benzene ring substituents is 1. The lowest BCUT2D eigenvalue weighted by Crippen LogP contribution is -2.03. The van der Waals surface area contributed by atoms with Crippen LogP contribution in [0.25, 0.3) is 0 Å². The van der Waals surface area contributed by atoms with Crippen LogP contribution in [0.1, 0.15) is 16.7 Å². The van der Waals surface area contributed by atoms with Gasteiger partial charge in [0.15, 0.2) is 0 Å². The van der Waals surface area contributed by atoms with Gasteiger partial charge < -0.3 is 5.32 Å². The van der Waals surface area contributed by atoms with Gasteiger partial charge in [-0.25, -0.2) is 0 Å². The molecule has 0 aliphatic carbocycles. The standard InChI is InChI=1S/C15H15ClN2O2/c1-10-6-11(2)15(18(19)20)8-14(10)17-9-12-4-3-5-13(16)7-12/h3-8,17H,9H2,1-2H3. The second kappa shape index (κ2) is 5.92. The summed E-state index contributed by atoms with van der Waals surface area (Å²) in [7, 11) is 0. The van der Waals surface area contributed by atoms with Gasteiger partial charge in [0.05, 0.1) is 4.92 Å². The Morgan fingerprint density at radius 3 is 2.60 bits per heavy atom. The van der Waals surface area contributed by atoms with Crippen LogP contribution in [0.4, 0.5) is 11.4 Å². The van der Waals surface area contributed by atoms with Crippen molar-refractivity contribution in [2.45, 2.75) is 20.4 Å². The molecule has 0 saturated carbocycles. The van der Waals surface area contributed by atoms with Gasteiger partial charge in [0.1, 0.15) is 0 Å². The van der Waals surface area contributed by atoms with Crippen LogP contribution >= 0.6 is 11.6 Å². The molecular weight excluding hydrogens is 276 g/mol. The van der Waals surface area contributed by atoms with E-state index in [1.54, 1.807) is 13.0 Å². The Kier molecular flexibility index (Phi) is 4.25. The van der Waals surface area contributed by atoms with Crippen molar-refractivity contribution in [1.82, 2.24) is 0 Å². The molecule has 20 heavy (non-hydrogen) atoms. The number of hydrogen-bond donors (Lipinski definition) is 1. The highest BCUT2D eigenvalue weighted by Crippen LogP contribution is 2.26. The molecule has 104 valence electrons. The van der Waals surface area contributed by atoms with Gasteiger partial charge in [-0.2, -0.15) is 0 Å². The molecule has 1 N–H and O–H groups in total. The number of nitro groups is 1. The predicted octanol–water partition coefficient (Wildman–Crippen LogP) is 4.48. The summed E-state index contributed by atoms with van der Waals surface area (Å²) >= 11 is 5.93. The van der Waals surface area contributed by atoms with Crippen LogP contribution in [-0.2, 0) is 6.54 Å². The Bertz CT molecular complexity index is 656. The van der Waals surface area contributed by atoms with Crippen molar-refractivity contribution in [3.8, 4) is 0 Å². The molecule has 0 saturated heterocycles. The lowest BCUT2D eigenvalue weighted by atomic mass is 10.1. The summed E-state index contributed by atoms with van der Waals surface area (Å²) in [5.41, 5.74) is 3.57. The highest BCUT2D eigenvalue weighted by atomic mass is 35.5. The molecule has 2 aromatic carbocycles. The summed E-state index contributed by atoms with van der Waals surface area (Å²) < 4.78 is 0. The average molecular weight is 291 g/mol. The van der Waals surface area contributed by atoms with E-state index in [9.17, 15) is 10.1 Å². The van der Waals surface area contributed by atoms with Crippen molar-refractivity contribution in [1.29, 1.82) is 0 Å². The van der Waals surface area contributed by atoms with Gasteiger partial charge >= 0.3 is 0 Å². The maximum Gasteiger partial charge on any atom is 0.274 e. The molecule has 0 unspecified atom stereocenters. The molecule has 0 heterocycles. The molecule has 4 nitrogen and oxygen atoms in total.